The summed E-state index contributed by atoms with van der Waals surface area (Å²) in [5, 5.41) is 3.28. The molecule has 2 fully saturated rings. The van der Waals surface area contributed by atoms with Gasteiger partial charge < -0.3 is 15.0 Å². The summed E-state index contributed by atoms with van der Waals surface area (Å²) in [5.41, 5.74) is 2.19. The molecule has 5 nitrogen and oxygen atoms in total. The van der Waals surface area contributed by atoms with Crippen LogP contribution in [0.15, 0.2) is 60.7 Å². The number of carbonyl (C=O) groups excluding carboxylic acids is 1. The summed E-state index contributed by atoms with van der Waals surface area (Å²) in [5.74, 6) is 0.841. The third-order valence-corrected chi connectivity index (χ3v) is 5.87. The van der Waals surface area contributed by atoms with Gasteiger partial charge in [-0.1, -0.05) is 54.6 Å². The Kier molecular flexibility index (Phi) is 5.86. The van der Waals surface area contributed by atoms with Gasteiger partial charge in [-0.15, -0.1) is 0 Å². The molecule has 0 atom stereocenters. The monoisotopic (exact) mass is 391 g/mol. The number of nitrogens with zero attached hydrogens (tertiary/aromatic N) is 2. The van der Waals surface area contributed by atoms with Crippen molar-refractivity contribution in [3.05, 3.63) is 71.8 Å². The van der Waals surface area contributed by atoms with E-state index in [0.717, 1.165) is 56.9 Å². The summed E-state index contributed by atoms with van der Waals surface area (Å²) < 4.78 is 5.24. The predicted molar refractivity (Wildman–Crippen MR) is 116 cm³/mol. The topological polar surface area (TPSA) is 44.8 Å². The van der Waals surface area contributed by atoms with Crippen LogP contribution in [0.5, 0.6) is 5.75 Å². The average molecular weight is 392 g/mol. The van der Waals surface area contributed by atoms with E-state index in [9.17, 15) is 4.79 Å². The second-order valence-electron chi connectivity index (χ2n) is 7.84. The van der Waals surface area contributed by atoms with E-state index in [1.807, 2.05) is 23.1 Å². The fraction of sp³-hybridized carbons (Fsp3) is 0.375. The van der Waals surface area contributed by atoms with Crippen molar-refractivity contribution in [2.24, 2.45) is 0 Å². The average Bonchev–Trinajstić information content (AvgIpc) is 3.55. The van der Waals surface area contributed by atoms with Crippen molar-refractivity contribution in [3.8, 4) is 5.75 Å². The quantitative estimate of drug-likeness (QED) is 0.816. The number of amides is 2. The summed E-state index contributed by atoms with van der Waals surface area (Å²) in [6, 6.07) is 18.4. The first-order valence-electron chi connectivity index (χ1n) is 10.3. The molecule has 1 N–H and O–H groups in total. The van der Waals surface area contributed by atoms with Crippen LogP contribution in [0.25, 0.3) is 6.08 Å². The van der Waals surface area contributed by atoms with Crippen molar-refractivity contribution in [2.75, 3.05) is 39.8 Å². The minimum atomic E-state index is -0.196. The molecule has 2 aromatic rings. The van der Waals surface area contributed by atoms with Crippen LogP contribution >= 0.6 is 0 Å². The number of hydrogen-bond acceptors (Lipinski definition) is 3. The molecule has 1 saturated heterocycles. The molecule has 1 saturated carbocycles. The molecule has 0 unspecified atom stereocenters. The molecule has 1 aliphatic heterocycles. The number of benzene rings is 2. The highest BCUT2D eigenvalue weighted by molar-refractivity contribution is 5.76. The molecule has 2 aliphatic rings. The van der Waals surface area contributed by atoms with E-state index in [-0.39, 0.29) is 11.6 Å². The van der Waals surface area contributed by atoms with Crippen molar-refractivity contribution >= 4 is 12.1 Å². The predicted octanol–water partition coefficient (Wildman–Crippen LogP) is 3.72. The summed E-state index contributed by atoms with van der Waals surface area (Å²) in [4.78, 5) is 17.1. The van der Waals surface area contributed by atoms with Crippen LogP contribution in [0, 0.1) is 0 Å². The maximum Gasteiger partial charge on any atom is 0.318 e. The Labute approximate surface area is 173 Å². The summed E-state index contributed by atoms with van der Waals surface area (Å²) in [6.07, 6.45) is 6.35. The third kappa shape index (κ3) is 4.80. The van der Waals surface area contributed by atoms with Gasteiger partial charge in [-0.05, 0) is 36.1 Å². The zero-order chi connectivity index (χ0) is 20.1. The van der Waals surface area contributed by atoms with Crippen LogP contribution < -0.4 is 10.1 Å². The fourth-order valence-corrected chi connectivity index (χ4v) is 3.84. The van der Waals surface area contributed by atoms with Gasteiger partial charge >= 0.3 is 6.03 Å². The summed E-state index contributed by atoms with van der Waals surface area (Å²) in [7, 11) is 1.67. The highest BCUT2D eigenvalue weighted by Crippen LogP contribution is 2.46. The number of ether oxygens (including phenoxy) is 1. The molecule has 0 aromatic heterocycles. The molecule has 0 radical (unpaired) electrons. The van der Waals surface area contributed by atoms with Crippen molar-refractivity contribution < 1.29 is 9.53 Å². The second kappa shape index (κ2) is 8.70. The van der Waals surface area contributed by atoms with Gasteiger partial charge in [-0.25, -0.2) is 4.79 Å². The lowest BCUT2D eigenvalue weighted by Gasteiger charge is -2.35. The van der Waals surface area contributed by atoms with Crippen LogP contribution in [0.3, 0.4) is 0 Å². The summed E-state index contributed by atoms with van der Waals surface area (Å²) >= 11 is 0. The standard InChI is InChI=1S/C24H29N3O2/c1-29-22-11-9-21(10-12-22)24(13-14-24)25-23(28)27-18-16-26(17-19-27)15-5-8-20-6-3-2-4-7-20/h2-12H,13-19H2,1H3,(H,25,28)/b8-5+. The van der Waals surface area contributed by atoms with Gasteiger partial charge in [0, 0.05) is 32.7 Å². The smallest absolute Gasteiger partial charge is 0.318 e. The van der Waals surface area contributed by atoms with Crippen molar-refractivity contribution in [3.63, 3.8) is 0 Å². The number of rotatable bonds is 6. The third-order valence-electron chi connectivity index (χ3n) is 5.87. The largest absolute Gasteiger partial charge is 0.497 e. The van der Waals surface area contributed by atoms with Crippen molar-refractivity contribution in [2.45, 2.75) is 18.4 Å². The lowest BCUT2D eigenvalue weighted by Crippen LogP contribution is -2.53. The van der Waals surface area contributed by atoms with Gasteiger partial charge in [0.2, 0.25) is 0 Å². The number of piperazine rings is 1. The van der Waals surface area contributed by atoms with E-state index in [2.05, 4.69) is 58.8 Å². The van der Waals surface area contributed by atoms with Gasteiger partial charge in [0.25, 0.3) is 0 Å². The number of urea groups is 1. The Morgan fingerprint density at radius 1 is 1.03 bits per heavy atom. The molecule has 0 spiro atoms. The van der Waals surface area contributed by atoms with Crippen LogP contribution in [0.2, 0.25) is 0 Å². The number of nitrogens with one attached hydrogen (secondary N) is 1. The SMILES string of the molecule is COc1ccc(C2(NC(=O)N3CCN(C/C=C/c4ccccc4)CC3)CC2)cc1. The van der Waals surface area contributed by atoms with Crippen LogP contribution in [0.4, 0.5) is 4.79 Å². The van der Waals surface area contributed by atoms with E-state index < -0.39 is 0 Å². The maximum atomic E-state index is 12.8. The molecular formula is C24H29N3O2. The molecule has 2 aromatic carbocycles. The highest BCUT2D eigenvalue weighted by Gasteiger charge is 2.46. The minimum absolute atomic E-state index is 0.0535. The van der Waals surface area contributed by atoms with Gasteiger partial charge in [-0.2, -0.15) is 0 Å². The normalized spacial score (nSPS) is 18.6. The number of methoxy groups -OCH3 is 1. The molecule has 1 heterocycles. The van der Waals surface area contributed by atoms with Crippen LogP contribution in [-0.4, -0.2) is 55.7 Å². The Hall–Kier alpha value is -2.79. The minimum Gasteiger partial charge on any atom is -0.497 e. The van der Waals surface area contributed by atoms with Crippen molar-refractivity contribution in [1.29, 1.82) is 0 Å². The highest BCUT2D eigenvalue weighted by atomic mass is 16.5. The van der Waals surface area contributed by atoms with E-state index in [0.29, 0.717) is 0 Å². The molecule has 152 valence electrons. The Bertz CT molecular complexity index is 836. The van der Waals surface area contributed by atoms with E-state index >= 15 is 0 Å². The lowest BCUT2D eigenvalue weighted by atomic mass is 10.0. The van der Waals surface area contributed by atoms with Crippen LogP contribution in [0.1, 0.15) is 24.0 Å². The molecule has 1 aliphatic carbocycles. The maximum absolute atomic E-state index is 12.8. The van der Waals surface area contributed by atoms with Gasteiger partial charge in [0.15, 0.2) is 0 Å². The van der Waals surface area contributed by atoms with Gasteiger partial charge in [-0.3, -0.25) is 4.90 Å². The Balaban J connectivity index is 1.25. The van der Waals surface area contributed by atoms with Gasteiger partial charge in [0.1, 0.15) is 5.75 Å². The molecule has 29 heavy (non-hydrogen) atoms. The lowest BCUT2D eigenvalue weighted by molar-refractivity contribution is 0.143. The molecule has 2 amide bonds. The second-order valence-corrected chi connectivity index (χ2v) is 7.84. The van der Waals surface area contributed by atoms with E-state index in [1.54, 1.807) is 7.11 Å². The zero-order valence-corrected chi connectivity index (χ0v) is 17.0. The first-order valence-corrected chi connectivity index (χ1v) is 10.3. The molecule has 5 heteroatoms. The Morgan fingerprint density at radius 3 is 2.34 bits per heavy atom. The fourth-order valence-electron chi connectivity index (χ4n) is 3.84. The first-order chi connectivity index (χ1) is 14.2. The van der Waals surface area contributed by atoms with Crippen LogP contribution in [-0.2, 0) is 5.54 Å². The molecule has 0 bridgehead atoms. The van der Waals surface area contributed by atoms with Gasteiger partial charge in [0.05, 0.1) is 12.6 Å². The van der Waals surface area contributed by atoms with E-state index in [1.165, 1.54) is 5.56 Å². The number of carbonyl (C=O) groups is 1. The Morgan fingerprint density at radius 2 is 1.72 bits per heavy atom. The number of hydrogen-bond donors (Lipinski definition) is 1. The first kappa shape index (κ1) is 19.5. The van der Waals surface area contributed by atoms with Crippen molar-refractivity contribution in [1.82, 2.24) is 15.1 Å². The molecule has 4 rings (SSSR count). The molecular weight excluding hydrogens is 362 g/mol. The zero-order valence-electron chi connectivity index (χ0n) is 17.0. The van der Waals surface area contributed by atoms with E-state index in [4.69, 9.17) is 4.74 Å². The summed E-state index contributed by atoms with van der Waals surface area (Å²) in [6.45, 7) is 4.26.